The van der Waals surface area contributed by atoms with Gasteiger partial charge in [-0.05, 0) is 34.8 Å². The zero-order valence-electron chi connectivity index (χ0n) is 11.8. The maximum atomic E-state index is 14.2. The minimum absolute atomic E-state index is 0.0981. The van der Waals surface area contributed by atoms with Crippen molar-refractivity contribution in [3.05, 3.63) is 28.2 Å². The molecule has 0 aromatic heterocycles. The summed E-state index contributed by atoms with van der Waals surface area (Å²) in [5, 5.41) is 2.57. The second kappa shape index (κ2) is 5.71. The van der Waals surface area contributed by atoms with Crippen LogP contribution in [0.2, 0.25) is 0 Å². The number of rotatable bonds is 2. The van der Waals surface area contributed by atoms with E-state index >= 15 is 0 Å². The SMILES string of the molecule is CC1NC(=O)C(C(C)C)N(c2c(F)cc(F)cc2Br)C1=O. The predicted molar refractivity (Wildman–Crippen MR) is 77.8 cm³/mol. The third-order valence-corrected chi connectivity index (χ3v) is 3.97. The molecule has 1 aliphatic heterocycles. The molecule has 2 atom stereocenters. The second-order valence-electron chi connectivity index (χ2n) is 5.35. The Kier molecular flexibility index (Phi) is 4.32. The van der Waals surface area contributed by atoms with Gasteiger partial charge < -0.3 is 5.32 Å². The third-order valence-electron chi connectivity index (χ3n) is 3.37. The maximum absolute atomic E-state index is 14.2. The highest BCUT2D eigenvalue weighted by molar-refractivity contribution is 9.10. The van der Waals surface area contributed by atoms with Gasteiger partial charge in [-0.3, -0.25) is 14.5 Å². The number of halogens is 3. The standard InChI is InChI=1S/C14H15BrF2N2O2/c1-6(2)11-13(20)18-7(3)14(21)19(11)12-9(15)4-8(16)5-10(12)17/h4-7,11H,1-3H3,(H,18,20). The highest BCUT2D eigenvalue weighted by Gasteiger charge is 2.42. The molecule has 1 aromatic carbocycles. The number of hydrogen-bond donors (Lipinski definition) is 1. The highest BCUT2D eigenvalue weighted by atomic mass is 79.9. The van der Waals surface area contributed by atoms with Gasteiger partial charge in [-0.15, -0.1) is 0 Å². The lowest BCUT2D eigenvalue weighted by Gasteiger charge is -2.40. The Hall–Kier alpha value is -1.50. The molecule has 1 N–H and O–H groups in total. The van der Waals surface area contributed by atoms with Crippen molar-refractivity contribution in [2.45, 2.75) is 32.9 Å². The summed E-state index contributed by atoms with van der Waals surface area (Å²) in [6.07, 6.45) is 0. The van der Waals surface area contributed by atoms with E-state index in [9.17, 15) is 18.4 Å². The zero-order chi connectivity index (χ0) is 15.9. The van der Waals surface area contributed by atoms with Crippen LogP contribution in [0.5, 0.6) is 0 Å². The monoisotopic (exact) mass is 360 g/mol. The molecule has 0 aliphatic carbocycles. The van der Waals surface area contributed by atoms with Crippen LogP contribution in [0.3, 0.4) is 0 Å². The van der Waals surface area contributed by atoms with Gasteiger partial charge in [-0.2, -0.15) is 0 Å². The van der Waals surface area contributed by atoms with E-state index in [0.29, 0.717) is 6.07 Å². The van der Waals surface area contributed by atoms with Gasteiger partial charge in [-0.1, -0.05) is 13.8 Å². The lowest BCUT2D eigenvalue weighted by atomic mass is 9.96. The van der Waals surface area contributed by atoms with Crippen molar-refractivity contribution in [2.24, 2.45) is 5.92 Å². The van der Waals surface area contributed by atoms with Gasteiger partial charge >= 0.3 is 0 Å². The number of benzene rings is 1. The van der Waals surface area contributed by atoms with Crippen LogP contribution in [-0.4, -0.2) is 23.9 Å². The number of anilines is 1. The fraction of sp³-hybridized carbons (Fsp3) is 0.429. The fourth-order valence-electron chi connectivity index (χ4n) is 2.44. The summed E-state index contributed by atoms with van der Waals surface area (Å²) in [5.41, 5.74) is -0.109. The summed E-state index contributed by atoms with van der Waals surface area (Å²) >= 11 is 3.07. The van der Waals surface area contributed by atoms with Crippen LogP contribution in [0, 0.1) is 17.6 Å². The summed E-state index contributed by atoms with van der Waals surface area (Å²) in [7, 11) is 0. The summed E-state index contributed by atoms with van der Waals surface area (Å²) in [6, 6.07) is 0.163. The van der Waals surface area contributed by atoms with Crippen molar-refractivity contribution >= 4 is 33.4 Å². The molecule has 0 saturated carbocycles. The van der Waals surface area contributed by atoms with Crippen molar-refractivity contribution in [1.29, 1.82) is 0 Å². The fourth-order valence-corrected chi connectivity index (χ4v) is 3.04. The molecule has 0 bridgehead atoms. The summed E-state index contributed by atoms with van der Waals surface area (Å²) in [5.74, 6) is -2.65. The molecule has 0 radical (unpaired) electrons. The molecule has 0 spiro atoms. The quantitative estimate of drug-likeness (QED) is 0.881. The normalized spacial score (nSPS) is 22.7. The number of hydrogen-bond acceptors (Lipinski definition) is 2. The molecule has 2 unspecified atom stereocenters. The maximum Gasteiger partial charge on any atom is 0.250 e. The van der Waals surface area contributed by atoms with Crippen molar-refractivity contribution < 1.29 is 18.4 Å². The van der Waals surface area contributed by atoms with Crippen molar-refractivity contribution in [3.8, 4) is 0 Å². The van der Waals surface area contributed by atoms with E-state index < -0.39 is 29.6 Å². The van der Waals surface area contributed by atoms with Gasteiger partial charge in [0.15, 0.2) is 5.82 Å². The molecule has 2 amide bonds. The Morgan fingerprint density at radius 1 is 1.29 bits per heavy atom. The summed E-state index contributed by atoms with van der Waals surface area (Å²) in [6.45, 7) is 5.05. The number of nitrogens with zero attached hydrogens (tertiary/aromatic N) is 1. The molecular formula is C14H15BrF2N2O2. The van der Waals surface area contributed by atoms with E-state index in [1.807, 2.05) is 0 Å². The average molecular weight is 361 g/mol. The van der Waals surface area contributed by atoms with Crippen molar-refractivity contribution in [2.75, 3.05) is 4.90 Å². The first-order valence-electron chi connectivity index (χ1n) is 6.52. The van der Waals surface area contributed by atoms with E-state index in [1.165, 1.54) is 6.92 Å². The molecule has 1 fully saturated rings. The summed E-state index contributed by atoms with van der Waals surface area (Å²) < 4.78 is 27.5. The molecule has 1 saturated heterocycles. The van der Waals surface area contributed by atoms with E-state index in [-0.39, 0.29) is 22.0 Å². The Balaban J connectivity index is 2.61. The van der Waals surface area contributed by atoms with Crippen LogP contribution < -0.4 is 10.2 Å². The van der Waals surface area contributed by atoms with E-state index in [4.69, 9.17) is 0 Å². The largest absolute Gasteiger partial charge is 0.343 e. The number of carbonyl (C=O) groups excluding carboxylic acids is 2. The van der Waals surface area contributed by atoms with E-state index in [2.05, 4.69) is 21.2 Å². The van der Waals surface area contributed by atoms with Gasteiger partial charge in [0.25, 0.3) is 0 Å². The van der Waals surface area contributed by atoms with Crippen molar-refractivity contribution in [1.82, 2.24) is 5.32 Å². The van der Waals surface area contributed by atoms with Crippen LogP contribution >= 0.6 is 15.9 Å². The smallest absolute Gasteiger partial charge is 0.250 e. The van der Waals surface area contributed by atoms with Crippen LogP contribution in [0.4, 0.5) is 14.5 Å². The number of carbonyl (C=O) groups is 2. The molecule has 2 rings (SSSR count). The average Bonchev–Trinajstić information content (AvgIpc) is 2.33. The molecule has 1 aliphatic rings. The molecular weight excluding hydrogens is 346 g/mol. The van der Waals surface area contributed by atoms with Crippen molar-refractivity contribution in [3.63, 3.8) is 0 Å². The Bertz CT molecular complexity index is 584. The van der Waals surface area contributed by atoms with Crippen LogP contribution in [0.1, 0.15) is 20.8 Å². The van der Waals surface area contributed by atoms with E-state index in [1.54, 1.807) is 13.8 Å². The topological polar surface area (TPSA) is 49.4 Å². The lowest BCUT2D eigenvalue weighted by Crippen LogP contribution is -2.64. The Morgan fingerprint density at radius 3 is 2.43 bits per heavy atom. The third kappa shape index (κ3) is 2.79. The number of piperazine rings is 1. The van der Waals surface area contributed by atoms with Gasteiger partial charge in [0.2, 0.25) is 11.8 Å². The first-order chi connectivity index (χ1) is 9.73. The first kappa shape index (κ1) is 15.9. The minimum Gasteiger partial charge on any atom is -0.343 e. The molecule has 21 heavy (non-hydrogen) atoms. The van der Waals surface area contributed by atoms with Gasteiger partial charge in [0.05, 0.1) is 5.69 Å². The molecule has 4 nitrogen and oxygen atoms in total. The summed E-state index contributed by atoms with van der Waals surface area (Å²) in [4.78, 5) is 25.7. The van der Waals surface area contributed by atoms with Crippen LogP contribution in [-0.2, 0) is 9.59 Å². The molecule has 1 aromatic rings. The molecule has 7 heteroatoms. The van der Waals surface area contributed by atoms with Gasteiger partial charge in [0, 0.05) is 10.5 Å². The lowest BCUT2D eigenvalue weighted by molar-refractivity contribution is -0.134. The molecule has 1 heterocycles. The number of amides is 2. The zero-order valence-corrected chi connectivity index (χ0v) is 13.4. The number of nitrogens with one attached hydrogen (secondary N) is 1. The predicted octanol–water partition coefficient (Wildman–Crippen LogP) is 2.60. The second-order valence-corrected chi connectivity index (χ2v) is 6.20. The van der Waals surface area contributed by atoms with E-state index in [0.717, 1.165) is 11.0 Å². The van der Waals surface area contributed by atoms with Gasteiger partial charge in [0.1, 0.15) is 17.9 Å². The minimum atomic E-state index is -0.886. The van der Waals surface area contributed by atoms with Gasteiger partial charge in [-0.25, -0.2) is 8.78 Å². The van der Waals surface area contributed by atoms with Crippen LogP contribution in [0.15, 0.2) is 16.6 Å². The molecule has 114 valence electrons. The first-order valence-corrected chi connectivity index (χ1v) is 7.31. The van der Waals surface area contributed by atoms with Crippen LogP contribution in [0.25, 0.3) is 0 Å². The Labute approximate surface area is 129 Å². The highest BCUT2D eigenvalue weighted by Crippen LogP contribution is 2.35. The Morgan fingerprint density at radius 2 is 1.90 bits per heavy atom.